The van der Waals surface area contributed by atoms with E-state index in [1.807, 2.05) is 71.6 Å². The van der Waals surface area contributed by atoms with Gasteiger partial charge in [0.1, 0.15) is 5.75 Å². The van der Waals surface area contributed by atoms with Gasteiger partial charge in [0.15, 0.2) is 11.5 Å². The molecule has 1 aliphatic heterocycles. The minimum atomic E-state index is -0.109. The van der Waals surface area contributed by atoms with Crippen molar-refractivity contribution in [2.24, 2.45) is 0 Å². The average molecular weight is 378 g/mol. The van der Waals surface area contributed by atoms with E-state index in [9.17, 15) is 4.79 Å². The van der Waals surface area contributed by atoms with Crippen LogP contribution in [-0.2, 0) is 11.3 Å². The normalized spacial score (nSPS) is 13.2. The molecule has 28 heavy (non-hydrogen) atoms. The first-order valence-electron chi connectivity index (χ1n) is 9.14. The molecule has 0 spiro atoms. The number of nitrogens with one attached hydrogen (secondary N) is 1. The second-order valence-corrected chi connectivity index (χ2v) is 6.59. The lowest BCUT2D eigenvalue weighted by Crippen LogP contribution is -2.26. The first-order chi connectivity index (χ1) is 13.7. The molecule has 0 saturated heterocycles. The molecule has 2 aromatic carbocycles. The van der Waals surface area contributed by atoms with E-state index < -0.39 is 0 Å². The van der Waals surface area contributed by atoms with Crippen molar-refractivity contribution in [2.45, 2.75) is 19.0 Å². The minimum Gasteiger partial charge on any atom is -0.497 e. The Morgan fingerprint density at radius 1 is 1.11 bits per heavy atom. The van der Waals surface area contributed by atoms with Crippen molar-refractivity contribution in [3.8, 4) is 17.2 Å². The molecule has 3 aromatic rings. The molecule has 1 N–H and O–H groups in total. The highest BCUT2D eigenvalue weighted by molar-refractivity contribution is 5.77. The van der Waals surface area contributed by atoms with Crippen LogP contribution >= 0.6 is 0 Å². The Labute approximate surface area is 163 Å². The second kappa shape index (κ2) is 8.08. The highest BCUT2D eigenvalue weighted by Crippen LogP contribution is 2.32. The molecule has 6 heteroatoms. The first-order valence-corrected chi connectivity index (χ1v) is 9.14. The molecule has 0 saturated carbocycles. The first kappa shape index (κ1) is 18.0. The Morgan fingerprint density at radius 2 is 1.93 bits per heavy atom. The molecule has 0 fully saturated rings. The van der Waals surface area contributed by atoms with Crippen LogP contribution in [0.15, 0.2) is 67.0 Å². The molecule has 0 unspecified atom stereocenters. The summed E-state index contributed by atoms with van der Waals surface area (Å²) >= 11 is 0. The molecular weight excluding hydrogens is 356 g/mol. The third kappa shape index (κ3) is 3.96. The molecule has 1 amide bonds. The lowest BCUT2D eigenvalue weighted by molar-refractivity contribution is -0.121. The van der Waals surface area contributed by atoms with Gasteiger partial charge in [0.05, 0.1) is 19.6 Å². The van der Waals surface area contributed by atoms with Gasteiger partial charge in [-0.05, 0) is 47.5 Å². The average Bonchev–Trinajstić information content (AvgIpc) is 3.42. The molecule has 2 heterocycles. The number of amides is 1. The van der Waals surface area contributed by atoms with Crippen molar-refractivity contribution in [1.29, 1.82) is 0 Å². The molecule has 6 nitrogen and oxygen atoms in total. The summed E-state index contributed by atoms with van der Waals surface area (Å²) < 4.78 is 18.1. The van der Waals surface area contributed by atoms with E-state index in [-0.39, 0.29) is 18.7 Å². The predicted octanol–water partition coefficient (Wildman–Crippen LogP) is 3.52. The van der Waals surface area contributed by atoms with E-state index in [0.29, 0.717) is 18.7 Å². The zero-order valence-corrected chi connectivity index (χ0v) is 15.6. The third-order valence-corrected chi connectivity index (χ3v) is 4.77. The number of benzene rings is 2. The molecule has 0 aliphatic carbocycles. The largest absolute Gasteiger partial charge is 0.497 e. The van der Waals surface area contributed by atoms with Crippen LogP contribution in [0.2, 0.25) is 0 Å². The van der Waals surface area contributed by atoms with Crippen molar-refractivity contribution >= 4 is 5.91 Å². The van der Waals surface area contributed by atoms with Crippen LogP contribution in [0.3, 0.4) is 0 Å². The standard InChI is InChI=1S/C22H22N2O4/c1-26-18-6-4-5-17(12-18)19(24-9-2-3-10-24)13-22(25)23-14-16-7-8-20-21(11-16)28-15-27-20/h2-12,19H,13-15H2,1H3,(H,23,25)/t19-/m0/s1. The fraction of sp³-hybridized carbons (Fsp3) is 0.227. The van der Waals surface area contributed by atoms with Gasteiger partial charge >= 0.3 is 0 Å². The van der Waals surface area contributed by atoms with E-state index in [1.165, 1.54) is 0 Å². The van der Waals surface area contributed by atoms with E-state index >= 15 is 0 Å². The fourth-order valence-corrected chi connectivity index (χ4v) is 3.30. The number of hydrogen-bond acceptors (Lipinski definition) is 4. The maximum atomic E-state index is 12.7. The SMILES string of the molecule is COc1cccc([C@H](CC(=O)NCc2ccc3c(c2)OCO3)n2cccc2)c1. The molecule has 1 atom stereocenters. The molecular formula is C22H22N2O4. The van der Waals surface area contributed by atoms with Crippen LogP contribution in [0.25, 0.3) is 0 Å². The molecule has 4 rings (SSSR count). The van der Waals surface area contributed by atoms with Gasteiger partial charge in [-0.3, -0.25) is 4.79 Å². The van der Waals surface area contributed by atoms with Crippen molar-refractivity contribution in [3.63, 3.8) is 0 Å². The maximum absolute atomic E-state index is 12.7. The molecule has 0 radical (unpaired) electrons. The number of fused-ring (bicyclic) bond motifs is 1. The second-order valence-electron chi connectivity index (χ2n) is 6.59. The Balaban J connectivity index is 1.45. The van der Waals surface area contributed by atoms with E-state index in [1.54, 1.807) is 7.11 Å². The Hall–Kier alpha value is -3.41. The lowest BCUT2D eigenvalue weighted by atomic mass is 10.0. The number of methoxy groups -OCH3 is 1. The molecule has 144 valence electrons. The third-order valence-electron chi connectivity index (χ3n) is 4.77. The molecule has 0 bridgehead atoms. The maximum Gasteiger partial charge on any atom is 0.231 e. The summed E-state index contributed by atoms with van der Waals surface area (Å²) in [6.45, 7) is 0.677. The van der Waals surface area contributed by atoms with Gasteiger partial charge < -0.3 is 24.1 Å². The van der Waals surface area contributed by atoms with Crippen LogP contribution in [0.4, 0.5) is 0 Å². The number of carbonyl (C=O) groups excluding carboxylic acids is 1. The minimum absolute atomic E-state index is 0.0285. The lowest BCUT2D eigenvalue weighted by Gasteiger charge is -2.20. The van der Waals surface area contributed by atoms with Crippen LogP contribution < -0.4 is 19.5 Å². The summed E-state index contributed by atoms with van der Waals surface area (Å²) in [6.07, 6.45) is 4.26. The van der Waals surface area contributed by atoms with E-state index in [4.69, 9.17) is 14.2 Å². The van der Waals surface area contributed by atoms with Crippen LogP contribution in [-0.4, -0.2) is 24.4 Å². The van der Waals surface area contributed by atoms with Crippen LogP contribution in [0.5, 0.6) is 17.2 Å². The zero-order chi connectivity index (χ0) is 19.3. The van der Waals surface area contributed by atoms with Gasteiger partial charge in [0.2, 0.25) is 12.7 Å². The number of hydrogen-bond donors (Lipinski definition) is 1. The van der Waals surface area contributed by atoms with Crippen molar-refractivity contribution in [1.82, 2.24) is 9.88 Å². The molecule has 1 aromatic heterocycles. The topological polar surface area (TPSA) is 61.7 Å². The fourth-order valence-electron chi connectivity index (χ4n) is 3.30. The van der Waals surface area contributed by atoms with Gasteiger partial charge in [-0.25, -0.2) is 0 Å². The van der Waals surface area contributed by atoms with Crippen LogP contribution in [0, 0.1) is 0 Å². The summed E-state index contributed by atoms with van der Waals surface area (Å²) in [7, 11) is 1.64. The highest BCUT2D eigenvalue weighted by atomic mass is 16.7. The molecule has 1 aliphatic rings. The Morgan fingerprint density at radius 3 is 2.75 bits per heavy atom. The monoisotopic (exact) mass is 378 g/mol. The summed E-state index contributed by atoms with van der Waals surface area (Å²) in [5, 5.41) is 3.00. The van der Waals surface area contributed by atoms with E-state index in [0.717, 1.165) is 22.6 Å². The number of nitrogens with zero attached hydrogens (tertiary/aromatic N) is 1. The predicted molar refractivity (Wildman–Crippen MR) is 105 cm³/mol. The van der Waals surface area contributed by atoms with Gasteiger partial charge in [-0.2, -0.15) is 0 Å². The summed E-state index contributed by atoms with van der Waals surface area (Å²) in [6, 6.07) is 17.3. The number of ether oxygens (including phenoxy) is 3. The van der Waals surface area contributed by atoms with Gasteiger partial charge in [0.25, 0.3) is 0 Å². The number of aromatic nitrogens is 1. The zero-order valence-electron chi connectivity index (χ0n) is 15.6. The van der Waals surface area contributed by atoms with Gasteiger partial charge in [0, 0.05) is 18.9 Å². The van der Waals surface area contributed by atoms with Crippen molar-refractivity contribution in [3.05, 3.63) is 78.1 Å². The smallest absolute Gasteiger partial charge is 0.231 e. The van der Waals surface area contributed by atoms with Gasteiger partial charge in [-0.1, -0.05) is 18.2 Å². The summed E-state index contributed by atoms with van der Waals surface area (Å²) in [4.78, 5) is 12.7. The quantitative estimate of drug-likeness (QED) is 0.683. The summed E-state index contributed by atoms with van der Waals surface area (Å²) in [5.74, 6) is 2.20. The Bertz CT molecular complexity index is 953. The van der Waals surface area contributed by atoms with Crippen molar-refractivity contribution in [2.75, 3.05) is 13.9 Å². The van der Waals surface area contributed by atoms with Gasteiger partial charge in [-0.15, -0.1) is 0 Å². The highest BCUT2D eigenvalue weighted by Gasteiger charge is 2.18. The van der Waals surface area contributed by atoms with Crippen LogP contribution in [0.1, 0.15) is 23.6 Å². The summed E-state index contributed by atoms with van der Waals surface area (Å²) in [5.41, 5.74) is 1.99. The number of carbonyl (C=O) groups is 1. The van der Waals surface area contributed by atoms with Crippen molar-refractivity contribution < 1.29 is 19.0 Å². The van der Waals surface area contributed by atoms with E-state index in [2.05, 4.69) is 5.32 Å². The Kier molecular flexibility index (Phi) is 5.19. The number of rotatable bonds is 7.